The fraction of sp³-hybridized carbons (Fsp3) is 0.407. The van der Waals surface area contributed by atoms with Crippen LogP contribution in [0.25, 0.3) is 10.9 Å². The molecule has 35 heavy (non-hydrogen) atoms. The smallest absolute Gasteiger partial charge is 0.258 e. The second-order valence-electron chi connectivity index (χ2n) is 9.40. The zero-order valence-electron chi connectivity index (χ0n) is 20.7. The Labute approximate surface area is 205 Å². The summed E-state index contributed by atoms with van der Waals surface area (Å²) in [6.07, 6.45) is 2.05. The number of nitrogens with zero attached hydrogens (tertiary/aromatic N) is 2. The van der Waals surface area contributed by atoms with Crippen LogP contribution in [-0.4, -0.2) is 65.3 Å². The van der Waals surface area contributed by atoms with Gasteiger partial charge in [0, 0.05) is 48.8 Å². The van der Waals surface area contributed by atoms with Crippen LogP contribution in [0.3, 0.4) is 0 Å². The second-order valence-corrected chi connectivity index (χ2v) is 9.40. The fourth-order valence-corrected chi connectivity index (χ4v) is 4.69. The first-order valence-corrected chi connectivity index (χ1v) is 12.0. The molecule has 0 aliphatic carbocycles. The van der Waals surface area contributed by atoms with Crippen molar-refractivity contribution < 1.29 is 19.4 Å². The largest absolute Gasteiger partial charge is 0.488 e. The molecule has 1 aromatic heterocycles. The molecule has 8 heteroatoms. The van der Waals surface area contributed by atoms with Crippen LogP contribution < -0.4 is 15.4 Å². The second kappa shape index (κ2) is 10.5. The van der Waals surface area contributed by atoms with Crippen molar-refractivity contribution in [1.29, 1.82) is 0 Å². The third kappa shape index (κ3) is 5.18. The Kier molecular flexibility index (Phi) is 7.42. The van der Waals surface area contributed by atoms with Gasteiger partial charge in [0.2, 0.25) is 5.91 Å². The molecule has 2 amide bonds. The molecule has 2 heterocycles. The number of anilines is 1. The SMILES string of the molecule is CNC[C@H]1Oc2ccc(NC(=O)Cc3cn(C)c4ccccc34)cc2C(=O)N([C@@H](C)CO)C[C@H]1C. The quantitative estimate of drug-likeness (QED) is 0.485. The van der Waals surface area contributed by atoms with Gasteiger partial charge in [0.25, 0.3) is 5.91 Å². The first kappa shape index (κ1) is 24.8. The summed E-state index contributed by atoms with van der Waals surface area (Å²) in [5.74, 6) is 0.154. The first-order valence-electron chi connectivity index (χ1n) is 12.0. The van der Waals surface area contributed by atoms with Gasteiger partial charge in [-0.15, -0.1) is 0 Å². The molecule has 0 saturated heterocycles. The first-order chi connectivity index (χ1) is 16.8. The van der Waals surface area contributed by atoms with Gasteiger partial charge in [-0.3, -0.25) is 9.59 Å². The van der Waals surface area contributed by atoms with Crippen molar-refractivity contribution in [2.24, 2.45) is 13.0 Å². The fourth-order valence-electron chi connectivity index (χ4n) is 4.69. The highest BCUT2D eigenvalue weighted by atomic mass is 16.5. The number of rotatable bonds is 7. The lowest BCUT2D eigenvalue weighted by molar-refractivity contribution is -0.115. The standard InChI is InChI=1S/C27H34N4O4/c1-17-14-31(18(2)16-32)27(34)22-12-20(9-10-24(22)35-25(17)13-28-3)29-26(33)11-19-15-30(4)23-8-6-5-7-21(19)23/h5-10,12,15,17-18,25,28,32H,11,13-14,16H2,1-4H3,(H,29,33)/t17-,18+,25-/m1/s1. The average molecular weight is 479 g/mol. The predicted molar refractivity (Wildman–Crippen MR) is 137 cm³/mol. The molecule has 3 atom stereocenters. The number of amides is 2. The number of ether oxygens (including phenoxy) is 1. The van der Waals surface area contributed by atoms with E-state index in [1.807, 2.05) is 63.0 Å². The molecule has 2 aromatic carbocycles. The van der Waals surface area contributed by atoms with Gasteiger partial charge in [-0.1, -0.05) is 25.1 Å². The molecule has 3 aromatic rings. The number of carbonyl (C=O) groups excluding carboxylic acids is 2. The number of aliphatic hydroxyl groups is 1. The Morgan fingerprint density at radius 1 is 1.26 bits per heavy atom. The number of aryl methyl sites for hydroxylation is 1. The summed E-state index contributed by atoms with van der Waals surface area (Å²) in [7, 11) is 3.83. The number of nitrogens with one attached hydrogen (secondary N) is 2. The molecule has 4 rings (SSSR count). The van der Waals surface area contributed by atoms with E-state index in [9.17, 15) is 14.7 Å². The van der Waals surface area contributed by atoms with Crippen LogP contribution in [0, 0.1) is 5.92 Å². The van der Waals surface area contributed by atoms with Gasteiger partial charge in [-0.05, 0) is 43.8 Å². The molecule has 8 nitrogen and oxygen atoms in total. The number of fused-ring (bicyclic) bond motifs is 2. The lowest BCUT2D eigenvalue weighted by Crippen LogP contribution is -2.49. The van der Waals surface area contributed by atoms with Crippen molar-refractivity contribution in [3.05, 3.63) is 59.8 Å². The third-order valence-electron chi connectivity index (χ3n) is 6.68. The summed E-state index contributed by atoms with van der Waals surface area (Å²) in [6.45, 7) is 4.82. The molecular formula is C27H34N4O4. The molecule has 3 N–H and O–H groups in total. The Bertz CT molecular complexity index is 1220. The van der Waals surface area contributed by atoms with Gasteiger partial charge in [0.05, 0.1) is 24.6 Å². The third-order valence-corrected chi connectivity index (χ3v) is 6.68. The van der Waals surface area contributed by atoms with E-state index in [-0.39, 0.29) is 42.9 Å². The molecule has 1 aliphatic rings. The van der Waals surface area contributed by atoms with Gasteiger partial charge in [0.15, 0.2) is 0 Å². The van der Waals surface area contributed by atoms with Crippen molar-refractivity contribution in [3.63, 3.8) is 0 Å². The molecular weight excluding hydrogens is 444 g/mol. The number of benzene rings is 2. The van der Waals surface area contributed by atoms with Crippen LogP contribution in [-0.2, 0) is 18.3 Å². The van der Waals surface area contributed by atoms with E-state index in [2.05, 4.69) is 10.6 Å². The molecule has 1 aliphatic heterocycles. The van der Waals surface area contributed by atoms with Crippen LogP contribution in [0.15, 0.2) is 48.7 Å². The Morgan fingerprint density at radius 3 is 2.77 bits per heavy atom. The topological polar surface area (TPSA) is 95.8 Å². The van der Waals surface area contributed by atoms with E-state index in [1.54, 1.807) is 23.1 Å². The minimum absolute atomic E-state index is 0.0635. The minimum atomic E-state index is -0.337. The van der Waals surface area contributed by atoms with Crippen LogP contribution in [0.1, 0.15) is 29.8 Å². The highest BCUT2D eigenvalue weighted by Gasteiger charge is 2.32. The van der Waals surface area contributed by atoms with Crippen LogP contribution in [0.2, 0.25) is 0 Å². The summed E-state index contributed by atoms with van der Waals surface area (Å²) >= 11 is 0. The van der Waals surface area contributed by atoms with Crippen LogP contribution in [0.4, 0.5) is 5.69 Å². The summed E-state index contributed by atoms with van der Waals surface area (Å²) < 4.78 is 8.25. The average Bonchev–Trinajstić information content (AvgIpc) is 3.16. The normalized spacial score (nSPS) is 19.0. The van der Waals surface area contributed by atoms with E-state index < -0.39 is 0 Å². The molecule has 0 radical (unpaired) electrons. The van der Waals surface area contributed by atoms with Crippen molar-refractivity contribution in [2.75, 3.05) is 32.1 Å². The predicted octanol–water partition coefficient (Wildman–Crippen LogP) is 2.80. The van der Waals surface area contributed by atoms with Gasteiger partial charge in [0.1, 0.15) is 11.9 Å². The summed E-state index contributed by atoms with van der Waals surface area (Å²) in [5, 5.41) is 16.9. The lowest BCUT2D eigenvalue weighted by atomic mass is 9.99. The number of carbonyl (C=O) groups is 2. The van der Waals surface area contributed by atoms with Gasteiger partial charge < -0.3 is 29.9 Å². The van der Waals surface area contributed by atoms with E-state index in [0.29, 0.717) is 30.1 Å². The molecule has 0 bridgehead atoms. The summed E-state index contributed by atoms with van der Waals surface area (Å²) in [6, 6.07) is 12.8. The zero-order valence-corrected chi connectivity index (χ0v) is 20.7. The number of aromatic nitrogens is 1. The minimum Gasteiger partial charge on any atom is -0.488 e. The Hall–Kier alpha value is -3.36. The van der Waals surface area contributed by atoms with Crippen molar-refractivity contribution in [2.45, 2.75) is 32.4 Å². The molecule has 0 saturated carbocycles. The Morgan fingerprint density at radius 2 is 2.03 bits per heavy atom. The maximum atomic E-state index is 13.5. The van der Waals surface area contributed by atoms with Gasteiger partial charge in [-0.2, -0.15) is 0 Å². The van der Waals surface area contributed by atoms with Gasteiger partial charge in [-0.25, -0.2) is 0 Å². The summed E-state index contributed by atoms with van der Waals surface area (Å²) in [5.41, 5.74) is 2.92. The van der Waals surface area contributed by atoms with Crippen molar-refractivity contribution in [3.8, 4) is 5.75 Å². The van der Waals surface area contributed by atoms with Gasteiger partial charge >= 0.3 is 0 Å². The number of hydrogen-bond donors (Lipinski definition) is 3. The number of aliphatic hydroxyl groups excluding tert-OH is 1. The number of hydrogen-bond acceptors (Lipinski definition) is 5. The Balaban J connectivity index is 1.60. The van der Waals surface area contributed by atoms with E-state index in [0.717, 1.165) is 16.5 Å². The highest BCUT2D eigenvalue weighted by molar-refractivity contribution is 6.00. The number of para-hydroxylation sites is 1. The lowest BCUT2D eigenvalue weighted by Gasteiger charge is -2.37. The maximum Gasteiger partial charge on any atom is 0.258 e. The zero-order chi connectivity index (χ0) is 25.1. The monoisotopic (exact) mass is 478 g/mol. The molecule has 0 unspecified atom stereocenters. The van der Waals surface area contributed by atoms with Crippen molar-refractivity contribution in [1.82, 2.24) is 14.8 Å². The van der Waals surface area contributed by atoms with Crippen molar-refractivity contribution >= 4 is 28.4 Å². The van der Waals surface area contributed by atoms with E-state index in [4.69, 9.17) is 4.74 Å². The molecule has 0 fully saturated rings. The van der Waals surface area contributed by atoms with E-state index in [1.165, 1.54) is 0 Å². The maximum absolute atomic E-state index is 13.5. The van der Waals surface area contributed by atoms with Crippen LogP contribution in [0.5, 0.6) is 5.75 Å². The molecule has 186 valence electrons. The molecule has 0 spiro atoms. The highest BCUT2D eigenvalue weighted by Crippen LogP contribution is 2.30. The summed E-state index contributed by atoms with van der Waals surface area (Å²) in [4.78, 5) is 28.1. The number of likely N-dealkylation sites (N-methyl/N-ethyl adjacent to an activating group) is 1. The van der Waals surface area contributed by atoms with Crippen LogP contribution >= 0.6 is 0 Å². The van der Waals surface area contributed by atoms with E-state index >= 15 is 0 Å².